The van der Waals surface area contributed by atoms with Crippen LogP contribution in [0.4, 0.5) is 13.2 Å². The molecule has 0 unspecified atom stereocenters. The van der Waals surface area contributed by atoms with E-state index in [4.69, 9.17) is 0 Å². The first-order valence-corrected chi connectivity index (χ1v) is 11.0. The number of nitrogens with one attached hydrogen (secondary N) is 2. The third kappa shape index (κ3) is 4.24. The molecular weight excluding hydrogens is 357 g/mol. The molecule has 1 aliphatic heterocycles. The Labute approximate surface area is 154 Å². The Morgan fingerprint density at radius 1 is 1.00 bits per heavy atom. The molecule has 142 valence electrons. The molecule has 2 N–H and O–H groups in total. The lowest BCUT2D eigenvalue weighted by Crippen LogP contribution is -2.65. The molecule has 6 heteroatoms. The van der Waals surface area contributed by atoms with Crippen LogP contribution in [0.3, 0.4) is 0 Å². The van der Waals surface area contributed by atoms with E-state index in [2.05, 4.69) is 53.7 Å². The quantitative estimate of drug-likeness (QED) is 0.794. The Kier molecular flexibility index (Phi) is 5.12. The van der Waals surface area contributed by atoms with E-state index >= 15 is 0 Å². The van der Waals surface area contributed by atoms with Gasteiger partial charge < -0.3 is 5.32 Å². The summed E-state index contributed by atoms with van der Waals surface area (Å²) in [7, 11) is -1.37. The van der Waals surface area contributed by atoms with Crippen molar-refractivity contribution in [3.8, 4) is 0 Å². The number of hydrogen-bond donors (Lipinski definition) is 2. The number of benzene rings is 2. The largest absolute Gasteiger partial charge is 0.393 e. The summed E-state index contributed by atoms with van der Waals surface area (Å²) in [6.07, 6.45) is -0.747. The summed E-state index contributed by atoms with van der Waals surface area (Å²) in [5, 5.41) is 3.35. The Hall–Kier alpha value is -1.50. The maximum atomic E-state index is 12.6. The molecule has 1 saturated heterocycles. The van der Waals surface area contributed by atoms with E-state index in [0.717, 1.165) is 18.0 Å². The minimum atomic E-state index is -4.17. The monoisotopic (exact) mass is 382 g/mol. The Morgan fingerprint density at radius 3 is 2.04 bits per heavy atom. The smallest absolute Gasteiger partial charge is 0.312 e. The van der Waals surface area contributed by atoms with Gasteiger partial charge in [0.1, 0.15) is 0 Å². The average molecular weight is 382 g/mol. The highest BCUT2D eigenvalue weighted by Crippen LogP contribution is 2.49. The molecule has 1 fully saturated rings. The first-order valence-electron chi connectivity index (χ1n) is 8.56. The summed E-state index contributed by atoms with van der Waals surface area (Å²) in [6, 6.07) is 15.4. The molecule has 0 aliphatic carbocycles. The van der Waals surface area contributed by atoms with Crippen molar-refractivity contribution in [2.75, 3.05) is 25.6 Å². The summed E-state index contributed by atoms with van der Waals surface area (Å²) in [6.45, 7) is 3.76. The number of aryl methyl sites for hydroxylation is 1. The lowest BCUT2D eigenvalue weighted by molar-refractivity contribution is -0.127. The summed E-state index contributed by atoms with van der Waals surface area (Å²) < 4.78 is 41.5. The minimum Gasteiger partial charge on any atom is -0.312 e. The molecule has 2 aromatic carbocycles. The first kappa shape index (κ1) is 19.3. The Bertz CT molecular complexity index is 748. The number of alkyl halides is 3. The van der Waals surface area contributed by atoms with Gasteiger partial charge in [-0.15, -0.1) is 0 Å². The highest BCUT2D eigenvalue weighted by atomic mass is 32.3. The van der Waals surface area contributed by atoms with Gasteiger partial charge in [0.15, 0.2) is 0 Å². The van der Waals surface area contributed by atoms with Crippen LogP contribution in [0.2, 0.25) is 0 Å². The van der Waals surface area contributed by atoms with Crippen molar-refractivity contribution in [3.63, 3.8) is 0 Å². The molecule has 0 spiro atoms. The standard InChI is InChI=1S/C20H25F3N2S/c1-15-4-8-17(9-5-15)19(13-24-14-19)25-26(2,3)18-10-6-16(7-11-18)12-20(21,22)23/h4-11,24-25H,12-14H2,1-3H3. The van der Waals surface area contributed by atoms with Gasteiger partial charge in [0, 0.05) is 18.0 Å². The molecule has 3 rings (SSSR count). The van der Waals surface area contributed by atoms with Crippen LogP contribution < -0.4 is 10.0 Å². The Balaban J connectivity index is 1.80. The van der Waals surface area contributed by atoms with E-state index in [1.54, 1.807) is 12.1 Å². The lowest BCUT2D eigenvalue weighted by atomic mass is 9.85. The molecular formula is C20H25F3N2S. The van der Waals surface area contributed by atoms with E-state index in [0.29, 0.717) is 5.56 Å². The summed E-state index contributed by atoms with van der Waals surface area (Å²) in [4.78, 5) is 1.06. The van der Waals surface area contributed by atoms with Gasteiger partial charge >= 0.3 is 6.18 Å². The van der Waals surface area contributed by atoms with E-state index in [1.807, 2.05) is 12.1 Å². The van der Waals surface area contributed by atoms with Gasteiger partial charge in [-0.25, -0.2) is 0 Å². The molecule has 0 radical (unpaired) electrons. The third-order valence-corrected chi connectivity index (χ3v) is 7.18. The van der Waals surface area contributed by atoms with Crippen LogP contribution in [0.5, 0.6) is 0 Å². The van der Waals surface area contributed by atoms with Crippen molar-refractivity contribution in [2.24, 2.45) is 0 Å². The zero-order chi connectivity index (χ0) is 19.0. The van der Waals surface area contributed by atoms with E-state index in [9.17, 15) is 13.2 Å². The van der Waals surface area contributed by atoms with E-state index in [-0.39, 0.29) is 5.54 Å². The topological polar surface area (TPSA) is 24.1 Å². The fraction of sp³-hybridized carbons (Fsp3) is 0.400. The van der Waals surface area contributed by atoms with E-state index in [1.165, 1.54) is 11.1 Å². The average Bonchev–Trinajstić information content (AvgIpc) is 2.51. The summed E-state index contributed by atoms with van der Waals surface area (Å²) in [5.74, 6) is 0. The zero-order valence-electron chi connectivity index (χ0n) is 15.3. The van der Waals surface area contributed by atoms with Gasteiger partial charge in [0.2, 0.25) is 0 Å². The van der Waals surface area contributed by atoms with Crippen LogP contribution in [0.25, 0.3) is 0 Å². The van der Waals surface area contributed by atoms with Crippen molar-refractivity contribution in [1.82, 2.24) is 10.0 Å². The third-order valence-electron chi connectivity index (χ3n) is 4.83. The van der Waals surface area contributed by atoms with Crippen LogP contribution in [-0.2, 0) is 12.0 Å². The normalized spacial score (nSPS) is 17.6. The maximum Gasteiger partial charge on any atom is 0.393 e. The maximum absolute atomic E-state index is 12.6. The second-order valence-electron chi connectivity index (χ2n) is 7.42. The van der Waals surface area contributed by atoms with Crippen LogP contribution in [0, 0.1) is 6.92 Å². The van der Waals surface area contributed by atoms with Gasteiger partial charge in [0.05, 0.1) is 12.0 Å². The van der Waals surface area contributed by atoms with Crippen molar-refractivity contribution in [2.45, 2.75) is 30.0 Å². The molecule has 0 atom stereocenters. The molecule has 1 aliphatic rings. The SMILES string of the molecule is Cc1ccc(C2(NS(C)(C)c3ccc(CC(F)(F)F)cc3)CNC2)cc1. The van der Waals surface area contributed by atoms with Crippen molar-refractivity contribution in [1.29, 1.82) is 0 Å². The second-order valence-corrected chi connectivity index (χ2v) is 10.7. The van der Waals surface area contributed by atoms with Gasteiger partial charge in [-0.05, 0) is 42.7 Å². The first-order chi connectivity index (χ1) is 12.1. The predicted molar refractivity (Wildman–Crippen MR) is 103 cm³/mol. The van der Waals surface area contributed by atoms with Crippen LogP contribution in [-0.4, -0.2) is 31.8 Å². The van der Waals surface area contributed by atoms with Gasteiger partial charge in [-0.3, -0.25) is 4.72 Å². The predicted octanol–water partition coefficient (Wildman–Crippen LogP) is 4.53. The Morgan fingerprint density at radius 2 is 1.58 bits per heavy atom. The highest BCUT2D eigenvalue weighted by Gasteiger charge is 2.41. The van der Waals surface area contributed by atoms with Gasteiger partial charge in [0.25, 0.3) is 0 Å². The van der Waals surface area contributed by atoms with Crippen LogP contribution in [0.15, 0.2) is 53.4 Å². The fourth-order valence-corrected chi connectivity index (χ4v) is 5.48. The van der Waals surface area contributed by atoms with Crippen LogP contribution >= 0.6 is 10.2 Å². The molecule has 0 saturated carbocycles. The van der Waals surface area contributed by atoms with E-state index < -0.39 is 22.8 Å². The number of hydrogen-bond acceptors (Lipinski definition) is 2. The molecule has 0 aromatic heterocycles. The highest BCUT2D eigenvalue weighted by molar-refractivity contribution is 8.31. The van der Waals surface area contributed by atoms with Gasteiger partial charge in [-0.1, -0.05) is 42.0 Å². The molecule has 0 amide bonds. The molecule has 26 heavy (non-hydrogen) atoms. The van der Waals surface area contributed by atoms with Crippen molar-refractivity contribution >= 4 is 10.2 Å². The minimum absolute atomic E-state index is 0.128. The number of halogens is 3. The van der Waals surface area contributed by atoms with Gasteiger partial charge in [-0.2, -0.15) is 23.4 Å². The zero-order valence-corrected chi connectivity index (χ0v) is 16.1. The van der Waals surface area contributed by atoms with Crippen molar-refractivity contribution in [3.05, 3.63) is 65.2 Å². The fourth-order valence-electron chi connectivity index (χ4n) is 3.31. The molecule has 2 aromatic rings. The second kappa shape index (κ2) is 6.91. The summed E-state index contributed by atoms with van der Waals surface area (Å²) >= 11 is 0. The molecule has 2 nitrogen and oxygen atoms in total. The molecule has 1 heterocycles. The lowest BCUT2D eigenvalue weighted by Gasteiger charge is -2.51. The van der Waals surface area contributed by atoms with Crippen LogP contribution in [0.1, 0.15) is 16.7 Å². The molecule has 0 bridgehead atoms. The van der Waals surface area contributed by atoms with Crippen molar-refractivity contribution < 1.29 is 13.2 Å². The summed E-state index contributed by atoms with van der Waals surface area (Å²) in [5.41, 5.74) is 2.64. The number of rotatable bonds is 5.